The Labute approximate surface area is 126 Å². The Morgan fingerprint density at radius 3 is 2.62 bits per heavy atom. The van der Waals surface area contributed by atoms with E-state index in [1.54, 1.807) is 29.2 Å². The van der Waals surface area contributed by atoms with E-state index in [1.165, 1.54) is 6.92 Å². The molecule has 0 saturated heterocycles. The van der Waals surface area contributed by atoms with Gasteiger partial charge in [-0.05, 0) is 25.5 Å². The van der Waals surface area contributed by atoms with Gasteiger partial charge in [-0.15, -0.1) is 0 Å². The lowest BCUT2D eigenvalue weighted by Crippen LogP contribution is -2.37. The van der Waals surface area contributed by atoms with Gasteiger partial charge in [-0.2, -0.15) is 0 Å². The standard InChI is InChI=1S/C16H24N2O3/c1-3-4-5-9-18(10-11-19)16(21)17-15-8-6-7-14(12-15)13(2)20/h6-8,12,19H,3-5,9-11H2,1-2H3,(H,17,21). The number of nitrogens with one attached hydrogen (secondary N) is 1. The van der Waals surface area contributed by atoms with Crippen molar-refractivity contribution in [3.63, 3.8) is 0 Å². The monoisotopic (exact) mass is 292 g/mol. The molecule has 1 rings (SSSR count). The summed E-state index contributed by atoms with van der Waals surface area (Å²) in [6.07, 6.45) is 3.04. The van der Waals surface area contributed by atoms with Crippen LogP contribution in [0, 0.1) is 0 Å². The van der Waals surface area contributed by atoms with Crippen LogP contribution in [0.2, 0.25) is 0 Å². The largest absolute Gasteiger partial charge is 0.395 e. The van der Waals surface area contributed by atoms with E-state index in [1.807, 2.05) is 0 Å². The summed E-state index contributed by atoms with van der Waals surface area (Å²) in [6, 6.07) is 6.60. The third-order valence-electron chi connectivity index (χ3n) is 3.21. The lowest BCUT2D eigenvalue weighted by atomic mass is 10.1. The van der Waals surface area contributed by atoms with Crippen molar-refractivity contribution in [2.24, 2.45) is 0 Å². The number of aliphatic hydroxyl groups excluding tert-OH is 1. The Balaban J connectivity index is 2.67. The molecule has 0 aromatic heterocycles. The van der Waals surface area contributed by atoms with Crippen molar-refractivity contribution in [1.82, 2.24) is 4.90 Å². The third kappa shape index (κ3) is 5.95. The summed E-state index contributed by atoms with van der Waals surface area (Å²) in [7, 11) is 0. The lowest BCUT2D eigenvalue weighted by molar-refractivity contribution is 0.101. The van der Waals surface area contributed by atoms with Crippen molar-refractivity contribution in [2.45, 2.75) is 33.1 Å². The molecule has 21 heavy (non-hydrogen) atoms. The molecule has 5 heteroatoms. The average Bonchev–Trinajstić information content (AvgIpc) is 2.46. The summed E-state index contributed by atoms with van der Waals surface area (Å²) in [5.41, 5.74) is 1.15. The molecule has 0 spiro atoms. The molecule has 5 nitrogen and oxygen atoms in total. The fourth-order valence-electron chi connectivity index (χ4n) is 2.01. The van der Waals surface area contributed by atoms with Gasteiger partial charge in [0, 0.05) is 24.3 Å². The van der Waals surface area contributed by atoms with Gasteiger partial charge in [0.25, 0.3) is 0 Å². The second-order valence-corrected chi connectivity index (χ2v) is 4.98. The molecule has 1 aromatic carbocycles. The first kappa shape index (κ1) is 17.2. The number of aliphatic hydroxyl groups is 1. The summed E-state index contributed by atoms with van der Waals surface area (Å²) in [5, 5.41) is 11.8. The number of carbonyl (C=O) groups is 2. The number of carbonyl (C=O) groups excluding carboxylic acids is 2. The van der Waals surface area contributed by atoms with Gasteiger partial charge in [0.15, 0.2) is 5.78 Å². The molecule has 2 N–H and O–H groups in total. The minimum absolute atomic E-state index is 0.0405. The summed E-state index contributed by atoms with van der Waals surface area (Å²) in [6.45, 7) is 4.45. The Bertz CT molecular complexity index is 474. The number of benzene rings is 1. The molecule has 1 aromatic rings. The lowest BCUT2D eigenvalue weighted by Gasteiger charge is -2.22. The molecule has 0 unspecified atom stereocenters. The van der Waals surface area contributed by atoms with E-state index < -0.39 is 0 Å². The molecule has 0 radical (unpaired) electrons. The van der Waals surface area contributed by atoms with Gasteiger partial charge in [-0.25, -0.2) is 4.79 Å². The van der Waals surface area contributed by atoms with E-state index in [0.29, 0.717) is 24.3 Å². The van der Waals surface area contributed by atoms with Gasteiger partial charge >= 0.3 is 6.03 Å². The Kier molecular flexibility index (Phi) is 7.46. The van der Waals surface area contributed by atoms with Crippen molar-refractivity contribution >= 4 is 17.5 Å². The molecular weight excluding hydrogens is 268 g/mol. The molecule has 0 aliphatic carbocycles. The molecule has 0 bridgehead atoms. The Morgan fingerprint density at radius 1 is 1.24 bits per heavy atom. The first-order chi connectivity index (χ1) is 10.1. The number of hydrogen-bond donors (Lipinski definition) is 2. The molecular formula is C16H24N2O3. The van der Waals surface area contributed by atoms with Crippen LogP contribution in [0.25, 0.3) is 0 Å². The topological polar surface area (TPSA) is 69.6 Å². The molecule has 0 aliphatic rings. The number of hydrogen-bond acceptors (Lipinski definition) is 3. The summed E-state index contributed by atoms with van der Waals surface area (Å²) < 4.78 is 0. The van der Waals surface area contributed by atoms with Crippen LogP contribution in [0.3, 0.4) is 0 Å². The number of anilines is 1. The van der Waals surface area contributed by atoms with Gasteiger partial charge in [0.2, 0.25) is 0 Å². The van der Waals surface area contributed by atoms with E-state index in [-0.39, 0.29) is 18.4 Å². The van der Waals surface area contributed by atoms with Crippen LogP contribution in [0.15, 0.2) is 24.3 Å². The molecule has 0 aliphatic heterocycles. The highest BCUT2D eigenvalue weighted by Crippen LogP contribution is 2.12. The third-order valence-corrected chi connectivity index (χ3v) is 3.21. The second-order valence-electron chi connectivity index (χ2n) is 4.98. The van der Waals surface area contributed by atoms with Crippen LogP contribution in [0.1, 0.15) is 43.5 Å². The number of ketones is 1. The highest BCUT2D eigenvalue weighted by molar-refractivity contribution is 5.96. The van der Waals surface area contributed by atoms with Crippen LogP contribution in [0.4, 0.5) is 10.5 Å². The van der Waals surface area contributed by atoms with Crippen LogP contribution in [-0.4, -0.2) is 41.5 Å². The zero-order chi connectivity index (χ0) is 15.7. The van der Waals surface area contributed by atoms with E-state index >= 15 is 0 Å². The normalized spacial score (nSPS) is 10.2. The number of nitrogens with zero attached hydrogens (tertiary/aromatic N) is 1. The maximum absolute atomic E-state index is 12.2. The predicted octanol–water partition coefficient (Wildman–Crippen LogP) is 2.91. The van der Waals surface area contributed by atoms with E-state index in [0.717, 1.165) is 19.3 Å². The van der Waals surface area contributed by atoms with Crippen molar-refractivity contribution in [3.8, 4) is 0 Å². The summed E-state index contributed by atoms with van der Waals surface area (Å²) in [4.78, 5) is 25.1. The highest BCUT2D eigenvalue weighted by Gasteiger charge is 2.13. The highest BCUT2D eigenvalue weighted by atomic mass is 16.3. The van der Waals surface area contributed by atoms with Crippen LogP contribution in [0.5, 0.6) is 0 Å². The quantitative estimate of drug-likeness (QED) is 0.572. The summed E-state index contributed by atoms with van der Waals surface area (Å²) in [5.74, 6) is -0.0405. The predicted molar refractivity (Wildman–Crippen MR) is 83.6 cm³/mol. The van der Waals surface area contributed by atoms with Crippen molar-refractivity contribution in [3.05, 3.63) is 29.8 Å². The first-order valence-corrected chi connectivity index (χ1v) is 7.36. The van der Waals surface area contributed by atoms with Crippen LogP contribution >= 0.6 is 0 Å². The van der Waals surface area contributed by atoms with Gasteiger partial charge in [-0.1, -0.05) is 31.9 Å². The molecule has 116 valence electrons. The van der Waals surface area contributed by atoms with Crippen LogP contribution < -0.4 is 5.32 Å². The van der Waals surface area contributed by atoms with Crippen molar-refractivity contribution in [2.75, 3.05) is 25.0 Å². The molecule has 2 amide bonds. The fraction of sp³-hybridized carbons (Fsp3) is 0.500. The number of amides is 2. The van der Waals surface area contributed by atoms with Crippen LogP contribution in [-0.2, 0) is 0 Å². The fourth-order valence-corrected chi connectivity index (χ4v) is 2.01. The zero-order valence-electron chi connectivity index (χ0n) is 12.8. The van der Waals surface area contributed by atoms with Gasteiger partial charge < -0.3 is 15.3 Å². The summed E-state index contributed by atoms with van der Waals surface area (Å²) >= 11 is 0. The Morgan fingerprint density at radius 2 is 2.00 bits per heavy atom. The van der Waals surface area contributed by atoms with E-state index in [2.05, 4.69) is 12.2 Å². The SMILES string of the molecule is CCCCCN(CCO)C(=O)Nc1cccc(C(C)=O)c1. The van der Waals surface area contributed by atoms with Gasteiger partial charge in [0.05, 0.1) is 6.61 Å². The number of rotatable bonds is 8. The van der Waals surface area contributed by atoms with Gasteiger partial charge in [-0.3, -0.25) is 4.79 Å². The molecule has 0 saturated carbocycles. The maximum atomic E-state index is 12.2. The molecule has 0 atom stereocenters. The molecule has 0 fully saturated rings. The minimum Gasteiger partial charge on any atom is -0.395 e. The Hall–Kier alpha value is -1.88. The second kappa shape index (κ2) is 9.13. The van der Waals surface area contributed by atoms with Crippen molar-refractivity contribution < 1.29 is 14.7 Å². The van der Waals surface area contributed by atoms with Gasteiger partial charge in [0.1, 0.15) is 0 Å². The average molecular weight is 292 g/mol. The zero-order valence-corrected chi connectivity index (χ0v) is 12.8. The number of Topliss-reactive ketones (excluding diaryl/α,β-unsaturated/α-hetero) is 1. The maximum Gasteiger partial charge on any atom is 0.321 e. The van der Waals surface area contributed by atoms with E-state index in [9.17, 15) is 9.59 Å². The molecule has 0 heterocycles. The smallest absolute Gasteiger partial charge is 0.321 e. The number of unbranched alkanes of at least 4 members (excludes halogenated alkanes) is 2. The van der Waals surface area contributed by atoms with E-state index in [4.69, 9.17) is 5.11 Å². The number of urea groups is 1. The van der Waals surface area contributed by atoms with Crippen molar-refractivity contribution in [1.29, 1.82) is 0 Å². The first-order valence-electron chi connectivity index (χ1n) is 7.36. The minimum atomic E-state index is -0.249.